The Kier molecular flexibility index (Phi) is 12.0. The normalized spacial score (nSPS) is 20.2. The lowest BCUT2D eigenvalue weighted by atomic mass is 9.89. The fourth-order valence-corrected chi connectivity index (χ4v) is 6.89. The average Bonchev–Trinajstić information content (AvgIpc) is 3.38. The molecule has 0 aliphatic carbocycles. The summed E-state index contributed by atoms with van der Waals surface area (Å²) < 4.78 is 44.8. The minimum Gasteiger partial charge on any atom is -0.493 e. The Balaban J connectivity index is 0.00000484. The van der Waals surface area contributed by atoms with Crippen molar-refractivity contribution in [1.82, 2.24) is 18.8 Å². The summed E-state index contributed by atoms with van der Waals surface area (Å²) in [5.74, 6) is 1.77. The summed E-state index contributed by atoms with van der Waals surface area (Å²) in [6.45, 7) is 2.13. The third-order valence-electron chi connectivity index (χ3n) is 7.84. The van der Waals surface area contributed by atoms with Gasteiger partial charge in [0.05, 0.1) is 33.1 Å². The molecule has 2 amide bonds. The minimum atomic E-state index is -3.65. The Bertz CT molecular complexity index is 1280. The molecule has 0 radical (unpaired) electrons. The van der Waals surface area contributed by atoms with Crippen LogP contribution in [0.2, 0.25) is 5.02 Å². The van der Waals surface area contributed by atoms with E-state index in [1.54, 1.807) is 12.1 Å². The SMILES string of the molecule is COc1cc(NC(=O)N[C@@H]2CN(S(=O)(=O)N(C)C)C[C@H]2N2CCC(Cc3ccc(Cl)cc3)CC2)cc(OC)c1OC.Cl. The predicted molar refractivity (Wildman–Crippen MR) is 167 cm³/mol. The molecule has 2 fully saturated rings. The van der Waals surface area contributed by atoms with Crippen molar-refractivity contribution in [1.29, 1.82) is 0 Å². The number of nitrogens with zero attached hydrogens (tertiary/aromatic N) is 3. The van der Waals surface area contributed by atoms with E-state index < -0.39 is 22.3 Å². The number of amides is 2. The van der Waals surface area contributed by atoms with Crippen molar-refractivity contribution >= 4 is 45.9 Å². The van der Waals surface area contributed by atoms with Crippen LogP contribution >= 0.6 is 24.0 Å². The number of hydrogen-bond donors (Lipinski definition) is 2. The maximum absolute atomic E-state index is 13.2. The van der Waals surface area contributed by atoms with Crippen LogP contribution in [0.5, 0.6) is 17.2 Å². The van der Waals surface area contributed by atoms with E-state index in [4.69, 9.17) is 25.8 Å². The highest BCUT2D eigenvalue weighted by Gasteiger charge is 2.43. The van der Waals surface area contributed by atoms with Gasteiger partial charge in [-0.2, -0.15) is 17.0 Å². The van der Waals surface area contributed by atoms with Crippen molar-refractivity contribution in [3.63, 3.8) is 0 Å². The van der Waals surface area contributed by atoms with Crippen LogP contribution in [0, 0.1) is 5.92 Å². The highest BCUT2D eigenvalue weighted by Crippen LogP contribution is 2.40. The monoisotopic (exact) mass is 645 g/mol. The van der Waals surface area contributed by atoms with Gasteiger partial charge in [-0.15, -0.1) is 12.4 Å². The molecule has 2 heterocycles. The van der Waals surface area contributed by atoms with Crippen LogP contribution < -0.4 is 24.8 Å². The Hall–Kier alpha value is -2.48. The molecule has 2 aromatic rings. The zero-order chi connectivity index (χ0) is 29.7. The molecular weight excluding hydrogens is 605 g/mol. The molecule has 0 spiro atoms. The number of urea groups is 1. The Morgan fingerprint density at radius 1 is 1.00 bits per heavy atom. The first kappa shape index (κ1) is 34.0. The topological polar surface area (TPSA) is 113 Å². The van der Waals surface area contributed by atoms with E-state index in [0.29, 0.717) is 35.4 Å². The van der Waals surface area contributed by atoms with Gasteiger partial charge in [-0.05, 0) is 56.0 Å². The van der Waals surface area contributed by atoms with Crippen LogP contribution in [0.4, 0.5) is 10.5 Å². The van der Waals surface area contributed by atoms with Gasteiger partial charge in [0.2, 0.25) is 5.75 Å². The van der Waals surface area contributed by atoms with Crippen molar-refractivity contribution in [3.8, 4) is 17.2 Å². The first-order chi connectivity index (χ1) is 19.5. The van der Waals surface area contributed by atoms with Crippen LogP contribution in [-0.2, 0) is 16.6 Å². The van der Waals surface area contributed by atoms with Crippen LogP contribution in [0.15, 0.2) is 36.4 Å². The number of likely N-dealkylation sites (tertiary alicyclic amines) is 1. The van der Waals surface area contributed by atoms with Crippen molar-refractivity contribution in [3.05, 3.63) is 47.0 Å². The fourth-order valence-electron chi connectivity index (χ4n) is 5.61. The van der Waals surface area contributed by atoms with E-state index in [2.05, 4.69) is 27.7 Å². The van der Waals surface area contributed by atoms with Crippen LogP contribution in [-0.4, -0.2) is 102 Å². The van der Waals surface area contributed by atoms with Gasteiger partial charge in [-0.1, -0.05) is 23.7 Å². The summed E-state index contributed by atoms with van der Waals surface area (Å²) in [6.07, 6.45) is 2.96. The zero-order valence-corrected chi connectivity index (χ0v) is 27.0. The lowest BCUT2D eigenvalue weighted by Crippen LogP contribution is -2.54. The molecule has 42 heavy (non-hydrogen) atoms. The Morgan fingerprint density at radius 2 is 1.60 bits per heavy atom. The van der Waals surface area contributed by atoms with E-state index in [1.165, 1.54) is 49.6 Å². The molecular formula is C28H41Cl2N5O6S. The summed E-state index contributed by atoms with van der Waals surface area (Å²) in [4.78, 5) is 15.5. The van der Waals surface area contributed by atoms with Crippen molar-refractivity contribution in [2.24, 2.45) is 5.92 Å². The molecule has 2 aliphatic rings. The standard InChI is InChI=1S/C28H40ClN5O6S.ClH/c1-32(2)41(36,37)34-17-23(31-28(35)30-22-15-25(38-3)27(40-5)26(16-22)39-4)24(18-34)33-12-10-20(11-13-33)14-19-6-8-21(29)9-7-19;/h6-9,15-16,20,23-24H,10-14,17-18H2,1-5H3,(H2,30,31,35);1H/t23-,24-;/m1./s1. The first-order valence-electron chi connectivity index (χ1n) is 13.6. The quantitative estimate of drug-likeness (QED) is 0.405. The lowest BCUT2D eigenvalue weighted by Gasteiger charge is -2.38. The third-order valence-corrected chi connectivity index (χ3v) is 9.96. The molecule has 14 heteroatoms. The second-order valence-electron chi connectivity index (χ2n) is 10.6. The summed E-state index contributed by atoms with van der Waals surface area (Å²) in [6, 6.07) is 10.3. The maximum Gasteiger partial charge on any atom is 0.319 e. The molecule has 2 aliphatic heterocycles. The number of carbonyl (C=O) groups is 1. The van der Waals surface area contributed by atoms with E-state index in [-0.39, 0.29) is 25.0 Å². The van der Waals surface area contributed by atoms with Crippen LogP contribution in [0.1, 0.15) is 18.4 Å². The van der Waals surface area contributed by atoms with E-state index in [0.717, 1.165) is 37.4 Å². The molecule has 4 rings (SSSR count). The highest BCUT2D eigenvalue weighted by atomic mass is 35.5. The molecule has 234 valence electrons. The van der Waals surface area contributed by atoms with Gasteiger partial charge in [-0.25, -0.2) is 4.79 Å². The van der Waals surface area contributed by atoms with Gasteiger partial charge < -0.3 is 24.8 Å². The Morgan fingerprint density at radius 3 is 2.12 bits per heavy atom. The molecule has 0 unspecified atom stereocenters. The molecule has 0 aromatic heterocycles. The number of halogens is 2. The fraction of sp³-hybridized carbons (Fsp3) is 0.536. The number of benzene rings is 2. The number of ether oxygens (including phenoxy) is 3. The number of hydrogen-bond acceptors (Lipinski definition) is 7. The number of nitrogens with one attached hydrogen (secondary N) is 2. The van der Waals surface area contributed by atoms with Gasteiger partial charge in [0, 0.05) is 50.4 Å². The molecule has 11 nitrogen and oxygen atoms in total. The molecule has 2 N–H and O–H groups in total. The van der Waals surface area contributed by atoms with Crippen molar-refractivity contribution < 1.29 is 27.4 Å². The van der Waals surface area contributed by atoms with Crippen molar-refractivity contribution in [2.45, 2.75) is 31.3 Å². The molecule has 2 aromatic carbocycles. The van der Waals surface area contributed by atoms with Gasteiger partial charge in [0.25, 0.3) is 10.2 Å². The van der Waals surface area contributed by atoms with E-state index in [1.807, 2.05) is 12.1 Å². The second-order valence-corrected chi connectivity index (χ2v) is 13.2. The van der Waals surface area contributed by atoms with Gasteiger partial charge >= 0.3 is 6.03 Å². The van der Waals surface area contributed by atoms with Crippen molar-refractivity contribution in [2.75, 3.05) is 66.9 Å². The van der Waals surface area contributed by atoms with E-state index >= 15 is 0 Å². The molecule has 2 atom stereocenters. The average molecular weight is 647 g/mol. The summed E-state index contributed by atoms with van der Waals surface area (Å²) in [5.41, 5.74) is 1.72. The number of anilines is 1. The number of methoxy groups -OCH3 is 3. The Labute approximate surface area is 260 Å². The van der Waals surface area contributed by atoms with E-state index in [9.17, 15) is 13.2 Å². The summed E-state index contributed by atoms with van der Waals surface area (Å²) in [5, 5.41) is 6.60. The number of piperidine rings is 1. The predicted octanol–water partition coefficient (Wildman–Crippen LogP) is 3.72. The third kappa shape index (κ3) is 7.91. The number of rotatable bonds is 10. The molecule has 0 bridgehead atoms. The smallest absolute Gasteiger partial charge is 0.319 e. The highest BCUT2D eigenvalue weighted by molar-refractivity contribution is 7.86. The number of carbonyl (C=O) groups excluding carboxylic acids is 1. The lowest BCUT2D eigenvalue weighted by molar-refractivity contribution is 0.125. The van der Waals surface area contributed by atoms with Crippen LogP contribution in [0.25, 0.3) is 0 Å². The summed E-state index contributed by atoms with van der Waals surface area (Å²) >= 11 is 6.04. The molecule has 0 saturated carbocycles. The molecule has 2 saturated heterocycles. The van der Waals surface area contributed by atoms with Gasteiger partial charge in [-0.3, -0.25) is 4.90 Å². The largest absolute Gasteiger partial charge is 0.493 e. The van der Waals surface area contributed by atoms with Gasteiger partial charge in [0.1, 0.15) is 0 Å². The van der Waals surface area contributed by atoms with Gasteiger partial charge in [0.15, 0.2) is 11.5 Å². The zero-order valence-electron chi connectivity index (χ0n) is 24.6. The second kappa shape index (κ2) is 14.8. The summed E-state index contributed by atoms with van der Waals surface area (Å²) in [7, 11) is 3.90. The van der Waals surface area contributed by atoms with Crippen LogP contribution in [0.3, 0.4) is 0 Å². The minimum absolute atomic E-state index is 0. The maximum atomic E-state index is 13.2. The first-order valence-corrected chi connectivity index (χ1v) is 15.4.